The highest BCUT2D eigenvalue weighted by atomic mass is 32.1. The van der Waals surface area contributed by atoms with E-state index in [1.165, 1.54) is 11.3 Å². The van der Waals surface area contributed by atoms with Crippen molar-refractivity contribution in [3.05, 3.63) is 23.5 Å². The van der Waals surface area contributed by atoms with Crippen LogP contribution in [0.1, 0.15) is 22.5 Å². The van der Waals surface area contributed by atoms with Crippen molar-refractivity contribution < 1.29 is 9.90 Å². The monoisotopic (exact) mass is 306 g/mol. The van der Waals surface area contributed by atoms with Gasteiger partial charge in [0, 0.05) is 38.5 Å². The number of likely N-dealkylation sites (tertiary alicyclic amines) is 1. The van der Waals surface area contributed by atoms with Gasteiger partial charge in [0.15, 0.2) is 0 Å². The molecule has 0 aliphatic carbocycles. The molecule has 1 unspecified atom stereocenters. The number of aliphatic hydroxyl groups excluding tert-OH is 1. The average Bonchev–Trinajstić information content (AvgIpc) is 3.15. The Hall–Kier alpha value is -1.73. The first-order valence-corrected chi connectivity index (χ1v) is 7.84. The summed E-state index contributed by atoms with van der Waals surface area (Å²) < 4.78 is 1.72. The highest BCUT2D eigenvalue weighted by molar-refractivity contribution is 7.16. The van der Waals surface area contributed by atoms with Gasteiger partial charge in [-0.1, -0.05) is 0 Å². The first-order valence-electron chi connectivity index (χ1n) is 7.02. The van der Waals surface area contributed by atoms with Gasteiger partial charge < -0.3 is 10.0 Å². The number of rotatable bonds is 3. The molecule has 0 spiro atoms. The van der Waals surface area contributed by atoms with Crippen molar-refractivity contribution in [2.45, 2.75) is 12.8 Å². The van der Waals surface area contributed by atoms with Gasteiger partial charge in [-0.2, -0.15) is 5.10 Å². The van der Waals surface area contributed by atoms with E-state index in [1.807, 2.05) is 18.1 Å². The fourth-order valence-electron chi connectivity index (χ4n) is 2.59. The van der Waals surface area contributed by atoms with E-state index < -0.39 is 0 Å². The number of hydrogen-bond acceptors (Lipinski definition) is 5. The number of aromatic nitrogens is 3. The predicted molar refractivity (Wildman–Crippen MR) is 80.0 cm³/mol. The van der Waals surface area contributed by atoms with Crippen LogP contribution in [0.25, 0.3) is 10.6 Å². The molecular formula is C14H18N4O2S. The summed E-state index contributed by atoms with van der Waals surface area (Å²) in [5.41, 5.74) is 0.924. The number of nitrogens with zero attached hydrogens (tertiary/aromatic N) is 4. The molecule has 0 radical (unpaired) electrons. The molecule has 1 aliphatic rings. The van der Waals surface area contributed by atoms with Gasteiger partial charge in [0.25, 0.3) is 5.91 Å². The lowest BCUT2D eigenvalue weighted by molar-refractivity contribution is 0.0625. The molecule has 1 fully saturated rings. The molecule has 1 atom stereocenters. The van der Waals surface area contributed by atoms with Gasteiger partial charge in [-0.3, -0.25) is 9.48 Å². The van der Waals surface area contributed by atoms with Gasteiger partial charge in [0.2, 0.25) is 0 Å². The van der Waals surface area contributed by atoms with Gasteiger partial charge in [-0.05, 0) is 18.8 Å². The van der Waals surface area contributed by atoms with Gasteiger partial charge >= 0.3 is 0 Å². The summed E-state index contributed by atoms with van der Waals surface area (Å²) in [6.45, 7) is 1.54. The van der Waals surface area contributed by atoms with Crippen LogP contribution in [0.2, 0.25) is 0 Å². The number of piperidine rings is 1. The smallest absolute Gasteiger partial charge is 0.265 e. The number of aryl methyl sites for hydroxylation is 1. The largest absolute Gasteiger partial charge is 0.396 e. The Labute approximate surface area is 127 Å². The molecule has 0 saturated carbocycles. The SMILES string of the molecule is Cn1cc(-c2ncc(C(=O)N3CCCC(CO)C3)s2)cn1. The molecule has 0 bridgehead atoms. The van der Waals surface area contributed by atoms with Crippen LogP contribution in [0.4, 0.5) is 0 Å². The molecule has 1 aliphatic heterocycles. The third-order valence-corrected chi connectivity index (χ3v) is 4.77. The molecular weight excluding hydrogens is 288 g/mol. The van der Waals surface area contributed by atoms with E-state index >= 15 is 0 Å². The van der Waals surface area contributed by atoms with Crippen molar-refractivity contribution in [3.63, 3.8) is 0 Å². The number of hydrogen-bond donors (Lipinski definition) is 1. The lowest BCUT2D eigenvalue weighted by Gasteiger charge is -2.31. The fourth-order valence-corrected chi connectivity index (χ4v) is 3.45. The second-order valence-corrected chi connectivity index (χ2v) is 6.40. The molecule has 1 N–H and O–H groups in total. The zero-order chi connectivity index (χ0) is 14.8. The van der Waals surface area contributed by atoms with Crippen LogP contribution < -0.4 is 0 Å². The van der Waals surface area contributed by atoms with Crippen LogP contribution in [-0.2, 0) is 7.05 Å². The minimum Gasteiger partial charge on any atom is -0.396 e. The topological polar surface area (TPSA) is 71.2 Å². The van der Waals surface area contributed by atoms with Crippen molar-refractivity contribution in [1.82, 2.24) is 19.7 Å². The summed E-state index contributed by atoms with van der Waals surface area (Å²) in [6, 6.07) is 0. The Morgan fingerprint density at radius 1 is 1.52 bits per heavy atom. The van der Waals surface area contributed by atoms with Crippen LogP contribution in [0.3, 0.4) is 0 Å². The maximum atomic E-state index is 12.5. The molecule has 112 valence electrons. The molecule has 1 saturated heterocycles. The van der Waals surface area contributed by atoms with Gasteiger partial charge in [-0.25, -0.2) is 4.98 Å². The summed E-state index contributed by atoms with van der Waals surface area (Å²) in [5.74, 6) is 0.217. The minimum absolute atomic E-state index is 0.0146. The van der Waals surface area contributed by atoms with Gasteiger partial charge in [0.05, 0.1) is 12.4 Å². The molecule has 3 rings (SSSR count). The number of carbonyl (C=O) groups excluding carboxylic acids is 1. The third-order valence-electron chi connectivity index (χ3n) is 3.73. The van der Waals surface area contributed by atoms with E-state index in [0.717, 1.165) is 30.0 Å². The van der Waals surface area contributed by atoms with Crippen LogP contribution >= 0.6 is 11.3 Å². The van der Waals surface area contributed by atoms with E-state index in [2.05, 4.69) is 10.1 Å². The van der Waals surface area contributed by atoms with E-state index in [1.54, 1.807) is 17.1 Å². The standard InChI is InChI=1S/C14H18N4O2S/c1-17-8-11(5-16-17)13-15-6-12(21-13)14(20)18-4-2-3-10(7-18)9-19/h5-6,8,10,19H,2-4,7,9H2,1H3. The first kappa shape index (κ1) is 14.2. The number of thiazole rings is 1. The van der Waals surface area contributed by atoms with Gasteiger partial charge in [-0.15, -0.1) is 11.3 Å². The molecule has 6 nitrogen and oxygen atoms in total. The van der Waals surface area contributed by atoms with E-state index in [4.69, 9.17) is 0 Å². The highest BCUT2D eigenvalue weighted by Crippen LogP contribution is 2.26. The van der Waals surface area contributed by atoms with Crippen LogP contribution in [-0.4, -0.2) is 50.4 Å². The van der Waals surface area contributed by atoms with Crippen LogP contribution in [0, 0.1) is 5.92 Å². The Morgan fingerprint density at radius 3 is 3.10 bits per heavy atom. The summed E-state index contributed by atoms with van der Waals surface area (Å²) >= 11 is 1.39. The zero-order valence-electron chi connectivity index (χ0n) is 11.9. The summed E-state index contributed by atoms with van der Waals surface area (Å²) in [5, 5.41) is 14.2. The van der Waals surface area contributed by atoms with E-state index in [-0.39, 0.29) is 18.4 Å². The van der Waals surface area contributed by atoms with Gasteiger partial charge in [0.1, 0.15) is 9.88 Å². The summed E-state index contributed by atoms with van der Waals surface area (Å²) in [6.07, 6.45) is 7.21. The Balaban J connectivity index is 1.75. The average molecular weight is 306 g/mol. The van der Waals surface area contributed by atoms with E-state index in [0.29, 0.717) is 11.4 Å². The fraction of sp³-hybridized carbons (Fsp3) is 0.500. The minimum atomic E-state index is 0.0146. The second kappa shape index (κ2) is 5.95. The van der Waals surface area contributed by atoms with Crippen molar-refractivity contribution in [2.75, 3.05) is 19.7 Å². The lowest BCUT2D eigenvalue weighted by atomic mass is 9.99. The first-order chi connectivity index (χ1) is 10.2. The van der Waals surface area contributed by atoms with Crippen molar-refractivity contribution in [2.24, 2.45) is 13.0 Å². The number of aliphatic hydroxyl groups is 1. The van der Waals surface area contributed by atoms with Crippen LogP contribution in [0.15, 0.2) is 18.6 Å². The van der Waals surface area contributed by atoms with Crippen molar-refractivity contribution in [3.8, 4) is 10.6 Å². The second-order valence-electron chi connectivity index (χ2n) is 5.37. The summed E-state index contributed by atoms with van der Waals surface area (Å²) in [7, 11) is 1.85. The normalized spacial score (nSPS) is 19.0. The maximum absolute atomic E-state index is 12.5. The number of amides is 1. The molecule has 21 heavy (non-hydrogen) atoms. The lowest BCUT2D eigenvalue weighted by Crippen LogP contribution is -2.40. The summed E-state index contributed by atoms with van der Waals surface area (Å²) in [4.78, 5) is 19.3. The Kier molecular flexibility index (Phi) is 4.03. The van der Waals surface area contributed by atoms with E-state index in [9.17, 15) is 9.90 Å². The Bertz CT molecular complexity index is 636. The third kappa shape index (κ3) is 2.98. The molecule has 3 heterocycles. The predicted octanol–water partition coefficient (Wildman–Crippen LogP) is 1.39. The molecule has 1 amide bonds. The quantitative estimate of drug-likeness (QED) is 0.930. The molecule has 2 aromatic rings. The van der Waals surface area contributed by atoms with Crippen LogP contribution in [0.5, 0.6) is 0 Å². The number of carbonyl (C=O) groups is 1. The van der Waals surface area contributed by atoms with Crippen molar-refractivity contribution >= 4 is 17.2 Å². The molecule has 0 aromatic carbocycles. The van der Waals surface area contributed by atoms with Crippen molar-refractivity contribution in [1.29, 1.82) is 0 Å². The maximum Gasteiger partial charge on any atom is 0.265 e. The zero-order valence-corrected chi connectivity index (χ0v) is 12.7. The Morgan fingerprint density at radius 2 is 2.38 bits per heavy atom. The molecule has 7 heteroatoms. The highest BCUT2D eigenvalue weighted by Gasteiger charge is 2.25. The molecule has 2 aromatic heterocycles.